The molecule has 1 fully saturated rings. The molecule has 4 nitrogen and oxygen atoms in total. The number of halogens is 1. The molecule has 0 amide bonds. The van der Waals surface area contributed by atoms with Crippen LogP contribution in [0.2, 0.25) is 0 Å². The Bertz CT molecular complexity index is 635. The normalized spacial score (nSPS) is 31.9. The van der Waals surface area contributed by atoms with Crippen LogP contribution >= 0.6 is 0 Å². The largest absolute Gasteiger partial charge is 0.389 e. The molecule has 0 heterocycles. The van der Waals surface area contributed by atoms with Crippen molar-refractivity contribution in [3.63, 3.8) is 0 Å². The van der Waals surface area contributed by atoms with Gasteiger partial charge in [0.15, 0.2) is 0 Å². The molecule has 1 aromatic carbocycles. The molecule has 1 aliphatic carbocycles. The third-order valence-electron chi connectivity index (χ3n) is 4.38. The van der Waals surface area contributed by atoms with Gasteiger partial charge in [-0.05, 0) is 38.5 Å². The highest BCUT2D eigenvalue weighted by Crippen LogP contribution is 2.46. The fourth-order valence-corrected chi connectivity index (χ4v) is 3.62. The van der Waals surface area contributed by atoms with Crippen molar-refractivity contribution in [3.05, 3.63) is 35.6 Å². The lowest BCUT2D eigenvalue weighted by atomic mass is 9.60. The van der Waals surface area contributed by atoms with Crippen LogP contribution < -0.4 is 0 Å². The van der Waals surface area contributed by atoms with Gasteiger partial charge in [0.25, 0.3) is 0 Å². The maximum absolute atomic E-state index is 13.6. The molecule has 1 N–H and O–H groups in total. The first kappa shape index (κ1) is 16.5. The van der Waals surface area contributed by atoms with Gasteiger partial charge >= 0.3 is 0 Å². The Hall–Kier alpha value is -1.88. The van der Waals surface area contributed by atoms with E-state index in [0.29, 0.717) is 5.56 Å². The van der Waals surface area contributed by atoms with Crippen molar-refractivity contribution in [2.45, 2.75) is 38.7 Å². The molecule has 1 aliphatic rings. The average molecular weight is 306 g/mol. The Morgan fingerprint density at radius 3 is 2.41 bits per heavy atom. The number of carbonyl (C=O) groups is 3. The SMILES string of the molecule is CC(=O)[C@H]1C(=O)C[C@](C)(O)[C@@H](C(C)=O)[C@H]1c1cccc(F)c1. The number of benzene rings is 1. The summed E-state index contributed by atoms with van der Waals surface area (Å²) in [5, 5.41) is 10.5. The summed E-state index contributed by atoms with van der Waals surface area (Å²) in [4.78, 5) is 36.3. The van der Waals surface area contributed by atoms with E-state index >= 15 is 0 Å². The number of ketones is 3. The van der Waals surface area contributed by atoms with Crippen molar-refractivity contribution in [2.24, 2.45) is 11.8 Å². The Kier molecular flexibility index (Phi) is 4.29. The van der Waals surface area contributed by atoms with E-state index in [1.165, 1.54) is 39.0 Å². The summed E-state index contributed by atoms with van der Waals surface area (Å²) in [6.45, 7) is 4.02. The van der Waals surface area contributed by atoms with Crippen molar-refractivity contribution in [1.82, 2.24) is 0 Å². The van der Waals surface area contributed by atoms with Gasteiger partial charge in [0.2, 0.25) is 0 Å². The van der Waals surface area contributed by atoms with Crippen LogP contribution in [0.3, 0.4) is 0 Å². The summed E-state index contributed by atoms with van der Waals surface area (Å²) < 4.78 is 13.6. The first-order chi connectivity index (χ1) is 10.1. The molecule has 5 heteroatoms. The Balaban J connectivity index is 2.64. The van der Waals surface area contributed by atoms with Gasteiger partial charge in [0, 0.05) is 12.3 Å². The van der Waals surface area contributed by atoms with E-state index < -0.39 is 35.0 Å². The molecule has 4 atom stereocenters. The van der Waals surface area contributed by atoms with Crippen LogP contribution in [0, 0.1) is 17.7 Å². The highest BCUT2D eigenvalue weighted by molar-refractivity contribution is 6.05. The fraction of sp³-hybridized carbons (Fsp3) is 0.471. The molecule has 118 valence electrons. The second-order valence-electron chi connectivity index (χ2n) is 6.26. The van der Waals surface area contributed by atoms with Gasteiger partial charge in [-0.2, -0.15) is 0 Å². The number of hydrogen-bond acceptors (Lipinski definition) is 4. The minimum Gasteiger partial charge on any atom is -0.389 e. The van der Waals surface area contributed by atoms with Crippen LogP contribution in [0.25, 0.3) is 0 Å². The van der Waals surface area contributed by atoms with Gasteiger partial charge in [0.05, 0.1) is 17.4 Å². The zero-order valence-electron chi connectivity index (χ0n) is 12.8. The zero-order valence-corrected chi connectivity index (χ0v) is 12.8. The summed E-state index contributed by atoms with van der Waals surface area (Å²) in [6, 6.07) is 5.50. The van der Waals surface area contributed by atoms with Gasteiger partial charge in [-0.1, -0.05) is 12.1 Å². The second kappa shape index (κ2) is 5.72. The molecule has 1 aromatic rings. The molecule has 22 heavy (non-hydrogen) atoms. The van der Waals surface area contributed by atoms with E-state index in [0.717, 1.165) is 0 Å². The van der Waals surface area contributed by atoms with E-state index in [-0.39, 0.29) is 18.0 Å². The first-order valence-corrected chi connectivity index (χ1v) is 7.16. The van der Waals surface area contributed by atoms with E-state index in [1.807, 2.05) is 0 Å². The molecule has 0 radical (unpaired) electrons. The molecule has 1 saturated carbocycles. The van der Waals surface area contributed by atoms with Crippen LogP contribution in [0.15, 0.2) is 24.3 Å². The first-order valence-electron chi connectivity index (χ1n) is 7.16. The Morgan fingerprint density at radius 1 is 1.27 bits per heavy atom. The standard InChI is InChI=1S/C17H19FO4/c1-9(19)14-13(21)8-17(3,22)16(10(2)20)15(14)11-5-4-6-12(18)7-11/h4-7,14-16,22H,8H2,1-3H3/t14-,15-,16-,17-/m0/s1. The highest BCUT2D eigenvalue weighted by Gasteiger charge is 2.53. The molecular weight excluding hydrogens is 287 g/mol. The topological polar surface area (TPSA) is 71.4 Å². The summed E-state index contributed by atoms with van der Waals surface area (Å²) >= 11 is 0. The third kappa shape index (κ3) is 2.86. The molecule has 0 aliphatic heterocycles. The molecule has 0 saturated heterocycles. The van der Waals surface area contributed by atoms with Crippen LogP contribution in [0.1, 0.15) is 38.7 Å². The summed E-state index contributed by atoms with van der Waals surface area (Å²) in [6.07, 6.45) is -0.257. The maximum atomic E-state index is 13.6. The van der Waals surface area contributed by atoms with Crippen molar-refractivity contribution >= 4 is 17.3 Å². The molecule has 0 aromatic heterocycles. The van der Waals surface area contributed by atoms with Crippen LogP contribution in [-0.4, -0.2) is 28.1 Å². The molecule has 0 unspecified atom stereocenters. The van der Waals surface area contributed by atoms with E-state index in [4.69, 9.17) is 0 Å². The smallest absolute Gasteiger partial charge is 0.146 e. The summed E-state index contributed by atoms with van der Waals surface area (Å²) in [7, 11) is 0. The predicted octanol–water partition coefficient (Wildman–Crippen LogP) is 2.04. The van der Waals surface area contributed by atoms with Gasteiger partial charge in [-0.25, -0.2) is 4.39 Å². The third-order valence-corrected chi connectivity index (χ3v) is 4.38. The van der Waals surface area contributed by atoms with Crippen molar-refractivity contribution in [1.29, 1.82) is 0 Å². The Labute approximate surface area is 128 Å². The maximum Gasteiger partial charge on any atom is 0.146 e. The second-order valence-corrected chi connectivity index (χ2v) is 6.26. The highest BCUT2D eigenvalue weighted by atomic mass is 19.1. The van der Waals surface area contributed by atoms with E-state index in [9.17, 15) is 23.9 Å². The summed E-state index contributed by atoms with van der Waals surface area (Å²) in [5.41, 5.74) is -1.17. The van der Waals surface area contributed by atoms with E-state index in [1.54, 1.807) is 6.07 Å². The molecule has 2 rings (SSSR count). The number of hydrogen-bond donors (Lipinski definition) is 1. The number of carbonyl (C=O) groups excluding carboxylic acids is 3. The molecule has 0 bridgehead atoms. The predicted molar refractivity (Wildman–Crippen MR) is 77.7 cm³/mol. The van der Waals surface area contributed by atoms with Crippen molar-refractivity contribution in [3.8, 4) is 0 Å². The zero-order chi connectivity index (χ0) is 16.7. The minimum absolute atomic E-state index is 0.257. The van der Waals surface area contributed by atoms with Gasteiger partial charge in [0.1, 0.15) is 23.2 Å². The van der Waals surface area contributed by atoms with Crippen LogP contribution in [-0.2, 0) is 14.4 Å². The fourth-order valence-electron chi connectivity index (χ4n) is 3.62. The van der Waals surface area contributed by atoms with E-state index in [2.05, 4.69) is 0 Å². The lowest BCUT2D eigenvalue weighted by molar-refractivity contribution is -0.151. The summed E-state index contributed by atoms with van der Waals surface area (Å²) in [5.74, 6) is -4.43. The quantitative estimate of drug-likeness (QED) is 0.868. The number of Topliss-reactive ketones (excluding diaryl/α,β-unsaturated/α-hetero) is 3. The number of rotatable bonds is 3. The minimum atomic E-state index is -1.55. The van der Waals surface area contributed by atoms with Gasteiger partial charge in [-0.15, -0.1) is 0 Å². The van der Waals surface area contributed by atoms with Crippen LogP contribution in [0.4, 0.5) is 4.39 Å². The van der Waals surface area contributed by atoms with Crippen molar-refractivity contribution < 1.29 is 23.9 Å². The monoisotopic (exact) mass is 306 g/mol. The lowest BCUT2D eigenvalue weighted by Gasteiger charge is -2.44. The van der Waals surface area contributed by atoms with Gasteiger partial charge in [-0.3, -0.25) is 14.4 Å². The lowest BCUT2D eigenvalue weighted by Crippen LogP contribution is -2.53. The van der Waals surface area contributed by atoms with Gasteiger partial charge < -0.3 is 5.11 Å². The van der Waals surface area contributed by atoms with Crippen molar-refractivity contribution in [2.75, 3.05) is 0 Å². The van der Waals surface area contributed by atoms with Crippen LogP contribution in [0.5, 0.6) is 0 Å². The average Bonchev–Trinajstić information content (AvgIpc) is 2.35. The molecular formula is C17H19FO4. The Morgan fingerprint density at radius 2 is 1.91 bits per heavy atom. The molecule has 0 spiro atoms. The number of aliphatic hydroxyl groups is 1.